The number of methoxy groups -OCH3 is 1. The van der Waals surface area contributed by atoms with Crippen molar-refractivity contribution in [3.8, 4) is 5.88 Å². The predicted molar refractivity (Wildman–Crippen MR) is 74.5 cm³/mol. The summed E-state index contributed by atoms with van der Waals surface area (Å²) < 4.78 is 5.82. The average Bonchev–Trinajstić information content (AvgIpc) is 2.74. The Morgan fingerprint density at radius 3 is 2.94 bits per heavy atom. The summed E-state index contributed by atoms with van der Waals surface area (Å²) in [7, 11) is 1.54. The zero-order valence-electron chi connectivity index (χ0n) is 9.81. The number of nitrogens with one attached hydrogen (secondary N) is 1. The number of halogens is 1. The Morgan fingerprint density at radius 1 is 1.44 bits per heavy atom. The number of nitrogens with zero attached hydrogens (tertiary/aromatic N) is 2. The lowest BCUT2D eigenvalue weighted by molar-refractivity contribution is 0.398. The summed E-state index contributed by atoms with van der Waals surface area (Å²) in [5.74, 6) is 1.29. The molecule has 5 nitrogen and oxygen atoms in total. The molecule has 0 bridgehead atoms. The molecular weight excluding hydrogens is 272 g/mol. The van der Waals surface area contributed by atoms with Gasteiger partial charge in [0.25, 0.3) is 0 Å². The first kappa shape index (κ1) is 12.9. The normalized spacial score (nSPS) is 10.3. The highest BCUT2D eigenvalue weighted by molar-refractivity contribution is 7.16. The Morgan fingerprint density at radius 2 is 2.28 bits per heavy atom. The smallest absolute Gasteiger partial charge is 0.225 e. The van der Waals surface area contributed by atoms with E-state index in [0.29, 0.717) is 11.7 Å². The molecule has 18 heavy (non-hydrogen) atoms. The van der Waals surface area contributed by atoms with Crippen LogP contribution >= 0.6 is 22.9 Å². The lowest BCUT2D eigenvalue weighted by Crippen LogP contribution is -2.08. The van der Waals surface area contributed by atoms with E-state index in [2.05, 4.69) is 15.3 Å². The molecule has 0 spiro atoms. The zero-order chi connectivity index (χ0) is 13.0. The van der Waals surface area contributed by atoms with E-state index < -0.39 is 0 Å². The van der Waals surface area contributed by atoms with Crippen LogP contribution in [0.2, 0.25) is 4.34 Å². The second-order valence-electron chi connectivity index (χ2n) is 3.54. The van der Waals surface area contributed by atoms with Gasteiger partial charge in [0, 0.05) is 17.5 Å². The maximum absolute atomic E-state index is 5.86. The number of rotatable bonds is 5. The minimum absolute atomic E-state index is 0.191. The third kappa shape index (κ3) is 3.48. The lowest BCUT2D eigenvalue weighted by Gasteiger charge is -2.06. The van der Waals surface area contributed by atoms with Gasteiger partial charge < -0.3 is 15.8 Å². The molecule has 0 fully saturated rings. The van der Waals surface area contributed by atoms with Gasteiger partial charge in [-0.2, -0.15) is 9.97 Å². The van der Waals surface area contributed by atoms with E-state index in [4.69, 9.17) is 22.1 Å². The molecule has 0 atom stereocenters. The summed E-state index contributed by atoms with van der Waals surface area (Å²) in [4.78, 5) is 9.21. The van der Waals surface area contributed by atoms with Crippen molar-refractivity contribution in [2.75, 3.05) is 24.7 Å². The first-order valence-electron chi connectivity index (χ1n) is 5.34. The standard InChI is InChI=1S/C11H13ClN4OS/c1-17-10-6-9(15-11(13)16-10)14-5-4-7-2-3-8(12)18-7/h2-3,6H,4-5H2,1H3,(H3,13,14,15,16). The molecule has 2 aromatic rings. The van der Waals surface area contributed by atoms with Gasteiger partial charge in [-0.05, 0) is 18.6 Å². The van der Waals surface area contributed by atoms with E-state index in [0.717, 1.165) is 17.3 Å². The Labute approximate surface area is 114 Å². The van der Waals surface area contributed by atoms with E-state index >= 15 is 0 Å². The van der Waals surface area contributed by atoms with Crippen LogP contribution in [0.3, 0.4) is 0 Å². The molecule has 0 unspecified atom stereocenters. The first-order chi connectivity index (χ1) is 8.67. The van der Waals surface area contributed by atoms with Crippen molar-refractivity contribution in [2.45, 2.75) is 6.42 Å². The van der Waals surface area contributed by atoms with Gasteiger partial charge in [0.1, 0.15) is 5.82 Å². The van der Waals surface area contributed by atoms with Crippen molar-refractivity contribution < 1.29 is 4.74 Å². The monoisotopic (exact) mass is 284 g/mol. The predicted octanol–water partition coefficient (Wildman–Crippen LogP) is 2.44. The van der Waals surface area contributed by atoms with Gasteiger partial charge in [0.2, 0.25) is 11.8 Å². The third-order valence-electron chi connectivity index (χ3n) is 2.24. The molecule has 7 heteroatoms. The highest BCUT2D eigenvalue weighted by atomic mass is 35.5. The van der Waals surface area contributed by atoms with Crippen molar-refractivity contribution in [2.24, 2.45) is 0 Å². The molecule has 0 aliphatic carbocycles. The first-order valence-corrected chi connectivity index (χ1v) is 6.53. The quantitative estimate of drug-likeness (QED) is 0.882. The van der Waals surface area contributed by atoms with Gasteiger partial charge in [-0.1, -0.05) is 11.6 Å². The minimum atomic E-state index is 0.191. The maximum Gasteiger partial charge on any atom is 0.225 e. The van der Waals surface area contributed by atoms with Crippen molar-refractivity contribution in [1.29, 1.82) is 0 Å². The molecular formula is C11H13ClN4OS. The third-order valence-corrected chi connectivity index (χ3v) is 3.53. The molecule has 0 amide bonds. The van der Waals surface area contributed by atoms with Crippen LogP contribution < -0.4 is 15.8 Å². The second-order valence-corrected chi connectivity index (χ2v) is 5.34. The largest absolute Gasteiger partial charge is 0.481 e. The number of hydrogen-bond donors (Lipinski definition) is 2. The average molecular weight is 285 g/mol. The topological polar surface area (TPSA) is 73.1 Å². The van der Waals surface area contributed by atoms with Gasteiger partial charge >= 0.3 is 0 Å². The summed E-state index contributed by atoms with van der Waals surface area (Å²) in [5, 5.41) is 3.17. The minimum Gasteiger partial charge on any atom is -0.481 e. The van der Waals surface area contributed by atoms with Crippen LogP contribution in [-0.4, -0.2) is 23.6 Å². The zero-order valence-corrected chi connectivity index (χ0v) is 11.4. The van der Waals surface area contributed by atoms with E-state index in [1.54, 1.807) is 24.5 Å². The molecule has 0 radical (unpaired) electrons. The van der Waals surface area contributed by atoms with Crippen molar-refractivity contribution in [1.82, 2.24) is 9.97 Å². The van der Waals surface area contributed by atoms with Gasteiger partial charge in [-0.25, -0.2) is 0 Å². The van der Waals surface area contributed by atoms with Crippen molar-refractivity contribution >= 4 is 34.7 Å². The fourth-order valence-electron chi connectivity index (χ4n) is 1.44. The van der Waals surface area contributed by atoms with Gasteiger partial charge in [0.05, 0.1) is 11.4 Å². The summed E-state index contributed by atoms with van der Waals surface area (Å²) >= 11 is 7.44. The summed E-state index contributed by atoms with van der Waals surface area (Å²) in [5.41, 5.74) is 5.56. The molecule has 2 heterocycles. The number of aromatic nitrogens is 2. The van der Waals surface area contributed by atoms with Crippen molar-refractivity contribution in [3.63, 3.8) is 0 Å². The highest BCUT2D eigenvalue weighted by Crippen LogP contribution is 2.22. The Hall–Kier alpha value is -1.53. The number of anilines is 2. The van der Waals surface area contributed by atoms with E-state index in [-0.39, 0.29) is 5.95 Å². The van der Waals surface area contributed by atoms with Crippen LogP contribution in [0, 0.1) is 0 Å². The Kier molecular flexibility index (Phi) is 4.22. The fraction of sp³-hybridized carbons (Fsp3) is 0.273. The van der Waals surface area contributed by atoms with Gasteiger partial charge in [-0.15, -0.1) is 11.3 Å². The van der Waals surface area contributed by atoms with Crippen LogP contribution in [0.1, 0.15) is 4.88 Å². The van der Waals surface area contributed by atoms with Crippen LogP contribution in [0.15, 0.2) is 18.2 Å². The lowest BCUT2D eigenvalue weighted by atomic mass is 10.3. The number of nitrogens with two attached hydrogens (primary N) is 1. The Balaban J connectivity index is 1.91. The second kappa shape index (κ2) is 5.88. The van der Waals surface area contributed by atoms with Gasteiger partial charge in [-0.3, -0.25) is 0 Å². The van der Waals surface area contributed by atoms with Crippen LogP contribution in [0.25, 0.3) is 0 Å². The molecule has 0 aliphatic heterocycles. The summed E-state index contributed by atoms with van der Waals surface area (Å²) in [6.45, 7) is 0.746. The molecule has 2 rings (SSSR count). The molecule has 0 saturated heterocycles. The van der Waals surface area contributed by atoms with E-state index in [1.165, 1.54) is 4.88 Å². The number of nitrogen functional groups attached to an aromatic ring is 1. The number of hydrogen-bond acceptors (Lipinski definition) is 6. The number of thiophene rings is 1. The maximum atomic E-state index is 5.86. The fourth-order valence-corrected chi connectivity index (χ4v) is 2.52. The Bertz CT molecular complexity index is 532. The van der Waals surface area contributed by atoms with E-state index in [1.807, 2.05) is 12.1 Å². The van der Waals surface area contributed by atoms with Gasteiger partial charge in [0.15, 0.2) is 0 Å². The molecule has 3 N–H and O–H groups in total. The molecule has 96 valence electrons. The van der Waals surface area contributed by atoms with Crippen LogP contribution in [0.5, 0.6) is 5.88 Å². The molecule has 0 aliphatic rings. The van der Waals surface area contributed by atoms with E-state index in [9.17, 15) is 0 Å². The summed E-state index contributed by atoms with van der Waals surface area (Å²) in [6.07, 6.45) is 0.879. The van der Waals surface area contributed by atoms with Crippen LogP contribution in [-0.2, 0) is 6.42 Å². The number of ether oxygens (including phenoxy) is 1. The molecule has 0 aromatic carbocycles. The molecule has 0 saturated carbocycles. The highest BCUT2D eigenvalue weighted by Gasteiger charge is 2.02. The molecule has 2 aromatic heterocycles. The SMILES string of the molecule is COc1cc(NCCc2ccc(Cl)s2)nc(N)n1. The summed E-state index contributed by atoms with van der Waals surface area (Å²) in [6, 6.07) is 5.62. The van der Waals surface area contributed by atoms with Crippen molar-refractivity contribution in [3.05, 3.63) is 27.4 Å². The van der Waals surface area contributed by atoms with Crippen LogP contribution in [0.4, 0.5) is 11.8 Å².